The second kappa shape index (κ2) is 5.02. The van der Waals surface area contributed by atoms with Crippen LogP contribution in [0.25, 0.3) is 0 Å². The van der Waals surface area contributed by atoms with E-state index in [0.717, 1.165) is 11.5 Å². The number of anilines is 1. The van der Waals surface area contributed by atoms with Crippen LogP contribution in [0, 0.1) is 6.92 Å². The van der Waals surface area contributed by atoms with Gasteiger partial charge in [0.2, 0.25) is 5.56 Å². The number of carbonyl (C=O) groups is 2. The number of aromatic nitrogens is 2. The molecule has 0 atom stereocenters. The first-order chi connectivity index (χ1) is 8.99. The molecule has 0 aromatic carbocycles. The molecule has 0 bridgehead atoms. The normalized spacial score (nSPS) is 10.2. The molecule has 0 unspecified atom stereocenters. The lowest BCUT2D eigenvalue weighted by atomic mass is 10.2. The van der Waals surface area contributed by atoms with Gasteiger partial charge in [-0.2, -0.15) is 4.37 Å². The number of nitrogens with one attached hydrogen (secondary N) is 2. The Morgan fingerprint density at radius 3 is 2.79 bits per heavy atom. The SMILES string of the molecule is Cc1nsc(NC(=O)c2cccc(=O)[nH]2)c1C(=O)O. The van der Waals surface area contributed by atoms with E-state index in [-0.39, 0.29) is 16.3 Å². The molecule has 0 aliphatic carbocycles. The number of carbonyl (C=O) groups excluding carboxylic acids is 1. The Hall–Kier alpha value is -2.48. The van der Waals surface area contributed by atoms with Crippen LogP contribution in [0.3, 0.4) is 0 Å². The zero-order valence-corrected chi connectivity index (χ0v) is 10.6. The minimum Gasteiger partial charge on any atom is -0.478 e. The predicted molar refractivity (Wildman–Crippen MR) is 68.8 cm³/mol. The molecule has 0 fully saturated rings. The van der Waals surface area contributed by atoms with Gasteiger partial charge in [0.15, 0.2) is 0 Å². The molecule has 2 aromatic rings. The zero-order valence-electron chi connectivity index (χ0n) is 9.76. The molecule has 0 radical (unpaired) electrons. The quantitative estimate of drug-likeness (QED) is 0.778. The minimum absolute atomic E-state index is 0.0448. The number of aryl methyl sites for hydroxylation is 1. The van der Waals surface area contributed by atoms with Crippen molar-refractivity contribution in [3.8, 4) is 0 Å². The monoisotopic (exact) mass is 279 g/mol. The molecule has 0 saturated carbocycles. The Morgan fingerprint density at radius 1 is 1.42 bits per heavy atom. The van der Waals surface area contributed by atoms with Crippen molar-refractivity contribution in [2.45, 2.75) is 6.92 Å². The van der Waals surface area contributed by atoms with Gasteiger partial charge in [-0.15, -0.1) is 0 Å². The third-order valence-corrected chi connectivity index (χ3v) is 3.17. The van der Waals surface area contributed by atoms with Gasteiger partial charge >= 0.3 is 5.97 Å². The molecule has 0 aliphatic rings. The Balaban J connectivity index is 2.29. The van der Waals surface area contributed by atoms with Gasteiger partial charge in [-0.1, -0.05) is 6.07 Å². The number of nitrogens with zero attached hydrogens (tertiary/aromatic N) is 1. The van der Waals surface area contributed by atoms with E-state index in [1.54, 1.807) is 6.92 Å². The lowest BCUT2D eigenvalue weighted by molar-refractivity contribution is 0.0697. The number of hydrogen-bond acceptors (Lipinski definition) is 5. The highest BCUT2D eigenvalue weighted by molar-refractivity contribution is 7.11. The molecule has 7 nitrogen and oxygen atoms in total. The van der Waals surface area contributed by atoms with Crippen molar-refractivity contribution in [2.75, 3.05) is 5.32 Å². The molecule has 0 saturated heterocycles. The summed E-state index contributed by atoms with van der Waals surface area (Å²) >= 11 is 0.877. The highest BCUT2D eigenvalue weighted by atomic mass is 32.1. The smallest absolute Gasteiger partial charge is 0.340 e. The molecule has 2 aromatic heterocycles. The van der Waals surface area contributed by atoms with E-state index in [1.165, 1.54) is 18.2 Å². The molecular weight excluding hydrogens is 270 g/mol. The fraction of sp³-hybridized carbons (Fsp3) is 0.0909. The number of hydrogen-bond donors (Lipinski definition) is 3. The van der Waals surface area contributed by atoms with E-state index in [0.29, 0.717) is 5.69 Å². The number of pyridine rings is 1. The van der Waals surface area contributed by atoms with E-state index >= 15 is 0 Å². The maximum atomic E-state index is 11.9. The van der Waals surface area contributed by atoms with Gasteiger partial charge in [0, 0.05) is 6.07 Å². The van der Waals surface area contributed by atoms with E-state index in [4.69, 9.17) is 5.11 Å². The summed E-state index contributed by atoms with van der Waals surface area (Å²) in [7, 11) is 0. The average molecular weight is 279 g/mol. The van der Waals surface area contributed by atoms with Crippen LogP contribution in [0.2, 0.25) is 0 Å². The zero-order chi connectivity index (χ0) is 14.0. The van der Waals surface area contributed by atoms with Crippen LogP contribution in [-0.4, -0.2) is 26.3 Å². The molecule has 0 aliphatic heterocycles. The first-order valence-electron chi connectivity index (χ1n) is 5.19. The van der Waals surface area contributed by atoms with Crippen LogP contribution in [0.5, 0.6) is 0 Å². The maximum absolute atomic E-state index is 11.9. The third kappa shape index (κ3) is 2.68. The summed E-state index contributed by atoms with van der Waals surface area (Å²) in [6, 6.07) is 4.13. The van der Waals surface area contributed by atoms with Gasteiger partial charge in [0.05, 0.1) is 5.69 Å². The molecule has 1 amide bonds. The van der Waals surface area contributed by atoms with E-state index in [9.17, 15) is 14.4 Å². The van der Waals surface area contributed by atoms with E-state index in [2.05, 4.69) is 14.7 Å². The van der Waals surface area contributed by atoms with Crippen molar-refractivity contribution in [1.29, 1.82) is 0 Å². The van der Waals surface area contributed by atoms with Crippen molar-refractivity contribution in [1.82, 2.24) is 9.36 Å². The first-order valence-corrected chi connectivity index (χ1v) is 5.96. The summed E-state index contributed by atoms with van der Waals surface area (Å²) in [6.07, 6.45) is 0. The molecule has 3 N–H and O–H groups in total. The Kier molecular flexibility index (Phi) is 3.43. The largest absolute Gasteiger partial charge is 0.478 e. The summed E-state index contributed by atoms with van der Waals surface area (Å²) in [5, 5.41) is 11.6. The van der Waals surface area contributed by atoms with Crippen molar-refractivity contribution in [2.24, 2.45) is 0 Å². The lowest BCUT2D eigenvalue weighted by Crippen LogP contribution is -2.18. The molecule has 2 rings (SSSR count). The van der Waals surface area contributed by atoms with Crippen LogP contribution in [0.4, 0.5) is 5.00 Å². The fourth-order valence-electron chi connectivity index (χ4n) is 1.46. The average Bonchev–Trinajstić information content (AvgIpc) is 2.70. The molecule has 8 heteroatoms. The summed E-state index contributed by atoms with van der Waals surface area (Å²) in [5.41, 5.74) is -0.0764. The lowest BCUT2D eigenvalue weighted by Gasteiger charge is -2.03. The Labute approximate surface area is 111 Å². The van der Waals surface area contributed by atoms with Crippen LogP contribution in [-0.2, 0) is 0 Å². The summed E-state index contributed by atoms with van der Waals surface area (Å²) in [5.74, 6) is -1.76. The number of H-pyrrole nitrogens is 1. The number of rotatable bonds is 3. The van der Waals surface area contributed by atoms with Crippen molar-refractivity contribution < 1.29 is 14.7 Å². The standard InChI is InChI=1S/C11H9N3O4S/c1-5-8(11(17)18)10(19-14-5)13-9(16)6-3-2-4-7(15)12-6/h2-4H,1H3,(H,12,15)(H,13,16)(H,17,18). The van der Waals surface area contributed by atoms with Gasteiger partial charge < -0.3 is 15.4 Å². The molecule has 0 spiro atoms. The topological polar surface area (TPSA) is 112 Å². The van der Waals surface area contributed by atoms with E-state index < -0.39 is 17.4 Å². The number of carboxylic acid groups (broad SMARTS) is 1. The highest BCUT2D eigenvalue weighted by Crippen LogP contribution is 2.24. The van der Waals surface area contributed by atoms with Gasteiger partial charge in [0.1, 0.15) is 16.3 Å². The van der Waals surface area contributed by atoms with E-state index in [1.807, 2.05) is 0 Å². The fourth-order valence-corrected chi connectivity index (χ4v) is 2.24. The number of carboxylic acids is 1. The number of aromatic carboxylic acids is 1. The minimum atomic E-state index is -1.16. The molecule has 19 heavy (non-hydrogen) atoms. The maximum Gasteiger partial charge on any atom is 0.340 e. The van der Waals surface area contributed by atoms with Crippen LogP contribution in [0.15, 0.2) is 23.0 Å². The van der Waals surface area contributed by atoms with Gasteiger partial charge in [0.25, 0.3) is 5.91 Å². The molecular formula is C11H9N3O4S. The van der Waals surface area contributed by atoms with Gasteiger partial charge in [-0.05, 0) is 24.5 Å². The van der Waals surface area contributed by atoms with Crippen molar-refractivity contribution in [3.05, 3.63) is 45.5 Å². The van der Waals surface area contributed by atoms with Crippen LogP contribution in [0.1, 0.15) is 26.5 Å². The Bertz CT molecular complexity index is 704. The van der Waals surface area contributed by atoms with Crippen LogP contribution >= 0.6 is 11.5 Å². The van der Waals surface area contributed by atoms with Gasteiger partial charge in [-0.25, -0.2) is 4.79 Å². The number of amides is 1. The molecule has 98 valence electrons. The second-order valence-electron chi connectivity index (χ2n) is 3.66. The number of aromatic amines is 1. The van der Waals surface area contributed by atoms with Crippen LogP contribution < -0.4 is 10.9 Å². The summed E-state index contributed by atoms with van der Waals surface area (Å²) in [4.78, 5) is 36.3. The third-order valence-electron chi connectivity index (χ3n) is 2.32. The Morgan fingerprint density at radius 2 is 2.16 bits per heavy atom. The predicted octanol–water partition coefficient (Wildman–Crippen LogP) is 1.09. The van der Waals surface area contributed by atoms with Gasteiger partial charge in [-0.3, -0.25) is 9.59 Å². The van der Waals surface area contributed by atoms with Crippen molar-refractivity contribution >= 4 is 28.4 Å². The highest BCUT2D eigenvalue weighted by Gasteiger charge is 2.19. The summed E-state index contributed by atoms with van der Waals surface area (Å²) in [6.45, 7) is 1.54. The molecule has 2 heterocycles. The van der Waals surface area contributed by atoms with Crippen molar-refractivity contribution in [3.63, 3.8) is 0 Å². The first kappa shape index (κ1) is 13.0. The second-order valence-corrected chi connectivity index (χ2v) is 4.43. The summed E-state index contributed by atoms with van der Waals surface area (Å²) < 4.78 is 3.88.